The number of esters is 2. The number of carbonyl (C=O) groups is 2. The van der Waals surface area contributed by atoms with Crippen molar-refractivity contribution in [1.82, 2.24) is 14.8 Å². The molecular weight excluding hydrogens is 332 g/mol. The summed E-state index contributed by atoms with van der Waals surface area (Å²) in [7, 11) is 2.45. The zero-order valence-corrected chi connectivity index (χ0v) is 14.5. The maximum absolute atomic E-state index is 12.1. The summed E-state index contributed by atoms with van der Waals surface area (Å²) in [6, 6.07) is 0. The van der Waals surface area contributed by atoms with Crippen molar-refractivity contribution in [3.63, 3.8) is 0 Å². The lowest BCUT2D eigenvalue weighted by molar-refractivity contribution is -0.386. The Hall–Kier alpha value is -3.17. The van der Waals surface area contributed by atoms with Gasteiger partial charge < -0.3 is 14.5 Å². The monoisotopic (exact) mass is 350 g/mol. The van der Waals surface area contributed by atoms with Crippen molar-refractivity contribution < 1.29 is 24.0 Å². The number of aryl methyl sites for hydroxylation is 1. The molecule has 0 atom stereocenters. The topological polar surface area (TPSA) is 129 Å². The zero-order valence-electron chi connectivity index (χ0n) is 14.5. The van der Waals surface area contributed by atoms with E-state index in [1.807, 2.05) is 0 Å². The fraction of sp³-hybridized carbons (Fsp3) is 0.400. The lowest BCUT2D eigenvalue weighted by Gasteiger charge is -2.05. The van der Waals surface area contributed by atoms with E-state index in [0.29, 0.717) is 17.0 Å². The summed E-state index contributed by atoms with van der Waals surface area (Å²) in [6.07, 6.45) is 0. The highest BCUT2D eigenvalue weighted by atomic mass is 16.6. The number of hydrogen-bond donors (Lipinski definition) is 1. The molecule has 0 saturated heterocycles. The van der Waals surface area contributed by atoms with E-state index < -0.39 is 16.9 Å². The van der Waals surface area contributed by atoms with Gasteiger partial charge in [-0.1, -0.05) is 0 Å². The summed E-state index contributed by atoms with van der Waals surface area (Å²) in [4.78, 5) is 37.4. The maximum Gasteiger partial charge on any atom is 0.354 e. The zero-order chi connectivity index (χ0) is 18.9. The maximum atomic E-state index is 12.1. The second-order valence-electron chi connectivity index (χ2n) is 5.40. The largest absolute Gasteiger partial charge is 0.465 e. The fourth-order valence-electron chi connectivity index (χ4n) is 2.72. The van der Waals surface area contributed by atoms with Crippen LogP contribution in [0.5, 0.6) is 0 Å². The number of hydrogen-bond acceptors (Lipinski definition) is 7. The predicted molar refractivity (Wildman–Crippen MR) is 85.7 cm³/mol. The van der Waals surface area contributed by atoms with Gasteiger partial charge in [-0.15, -0.1) is 0 Å². The van der Waals surface area contributed by atoms with Crippen LogP contribution in [-0.2, 0) is 16.0 Å². The second-order valence-corrected chi connectivity index (χ2v) is 5.40. The quantitative estimate of drug-likeness (QED) is 0.493. The third kappa shape index (κ3) is 3.10. The van der Waals surface area contributed by atoms with Crippen LogP contribution in [0.15, 0.2) is 0 Å². The number of nitrogens with one attached hydrogen (secondary N) is 1. The molecule has 1 N–H and O–H groups in total. The number of nitro groups is 1. The van der Waals surface area contributed by atoms with E-state index in [2.05, 4.69) is 10.1 Å². The van der Waals surface area contributed by atoms with Crippen LogP contribution in [0.1, 0.15) is 43.5 Å². The van der Waals surface area contributed by atoms with E-state index in [1.165, 1.54) is 25.8 Å². The Morgan fingerprint density at radius 3 is 2.28 bits per heavy atom. The Bertz CT molecular complexity index is 864. The first-order chi connectivity index (χ1) is 11.7. The van der Waals surface area contributed by atoms with E-state index in [1.54, 1.807) is 13.8 Å². The highest BCUT2D eigenvalue weighted by molar-refractivity contribution is 5.98. The van der Waals surface area contributed by atoms with Crippen LogP contribution in [0.25, 0.3) is 0 Å². The summed E-state index contributed by atoms with van der Waals surface area (Å²) >= 11 is 0. The van der Waals surface area contributed by atoms with Gasteiger partial charge in [0.15, 0.2) is 0 Å². The van der Waals surface area contributed by atoms with Gasteiger partial charge in [0.25, 0.3) is 0 Å². The molecule has 0 amide bonds. The van der Waals surface area contributed by atoms with E-state index in [4.69, 9.17) is 9.47 Å². The second kappa shape index (κ2) is 6.75. The van der Waals surface area contributed by atoms with Crippen molar-refractivity contribution in [3.8, 4) is 0 Å². The molecule has 134 valence electrons. The van der Waals surface area contributed by atoms with Crippen molar-refractivity contribution in [2.75, 3.05) is 14.2 Å². The summed E-state index contributed by atoms with van der Waals surface area (Å²) in [5, 5.41) is 15.3. The van der Waals surface area contributed by atoms with Crippen molar-refractivity contribution in [1.29, 1.82) is 0 Å². The smallest absolute Gasteiger partial charge is 0.354 e. The molecule has 0 aliphatic rings. The molecule has 2 heterocycles. The molecular formula is C15H18N4O6. The van der Waals surface area contributed by atoms with Crippen molar-refractivity contribution in [2.45, 2.75) is 27.3 Å². The number of rotatable bonds is 5. The van der Waals surface area contributed by atoms with Crippen LogP contribution in [0.4, 0.5) is 5.69 Å². The van der Waals surface area contributed by atoms with Crippen LogP contribution >= 0.6 is 0 Å². The molecule has 2 aromatic rings. The number of aromatic nitrogens is 3. The van der Waals surface area contributed by atoms with Gasteiger partial charge in [-0.05, 0) is 26.3 Å². The molecule has 0 aliphatic carbocycles. The molecule has 2 aromatic heterocycles. The summed E-state index contributed by atoms with van der Waals surface area (Å²) < 4.78 is 10.9. The van der Waals surface area contributed by atoms with Crippen LogP contribution in [0.3, 0.4) is 0 Å². The minimum atomic E-state index is -0.631. The third-order valence-corrected chi connectivity index (χ3v) is 3.94. The molecule has 0 fully saturated rings. The summed E-state index contributed by atoms with van der Waals surface area (Å²) in [5.41, 5.74) is 1.54. The average Bonchev–Trinajstić information content (AvgIpc) is 3.03. The molecule has 0 aliphatic heterocycles. The number of methoxy groups -OCH3 is 2. The van der Waals surface area contributed by atoms with Gasteiger partial charge >= 0.3 is 17.6 Å². The molecule has 10 heteroatoms. The predicted octanol–water partition coefficient (Wildman–Crippen LogP) is 1.67. The first-order valence-corrected chi connectivity index (χ1v) is 7.29. The van der Waals surface area contributed by atoms with Gasteiger partial charge in [0.2, 0.25) is 0 Å². The number of H-pyrrole nitrogens is 1. The molecule has 0 saturated carbocycles. The lowest BCUT2D eigenvalue weighted by atomic mass is 10.1. The molecule has 2 rings (SSSR count). The third-order valence-electron chi connectivity index (χ3n) is 3.94. The number of nitrogens with zero attached hydrogens (tertiary/aromatic N) is 3. The Morgan fingerprint density at radius 1 is 1.20 bits per heavy atom. The Kier molecular flexibility index (Phi) is 4.91. The van der Waals surface area contributed by atoms with Crippen LogP contribution in [-0.4, -0.2) is 45.8 Å². The van der Waals surface area contributed by atoms with E-state index >= 15 is 0 Å². The van der Waals surface area contributed by atoms with Crippen LogP contribution in [0.2, 0.25) is 0 Å². The molecule has 0 radical (unpaired) electrons. The first-order valence-electron chi connectivity index (χ1n) is 7.29. The molecule has 0 spiro atoms. The number of aromatic amines is 1. The Morgan fingerprint density at radius 2 is 1.80 bits per heavy atom. The minimum absolute atomic E-state index is 0.0305. The van der Waals surface area contributed by atoms with Crippen LogP contribution < -0.4 is 0 Å². The SMILES string of the molecule is COC(=O)c1[nH]c(Cn2nc(C)c([N+](=O)[O-])c2C)c(C(=O)OC)c1C. The van der Waals surface area contributed by atoms with E-state index in [9.17, 15) is 19.7 Å². The molecule has 0 aromatic carbocycles. The van der Waals surface area contributed by atoms with Crippen molar-refractivity contribution >= 4 is 17.6 Å². The Balaban J connectivity index is 2.56. The number of ether oxygens (including phenoxy) is 2. The van der Waals surface area contributed by atoms with Gasteiger partial charge in [0.05, 0.1) is 36.9 Å². The highest BCUT2D eigenvalue weighted by Crippen LogP contribution is 2.25. The molecule has 10 nitrogen and oxygen atoms in total. The van der Waals surface area contributed by atoms with Gasteiger partial charge in [-0.3, -0.25) is 14.8 Å². The van der Waals surface area contributed by atoms with Gasteiger partial charge in [-0.25, -0.2) is 9.59 Å². The summed E-state index contributed by atoms with van der Waals surface area (Å²) in [6.45, 7) is 4.71. The average molecular weight is 350 g/mol. The molecule has 0 unspecified atom stereocenters. The molecule has 0 bridgehead atoms. The standard InChI is InChI=1S/C15H18N4O6/c1-7-11(14(20)24-4)10(16-12(7)15(21)25-5)6-18-9(3)13(19(22)23)8(2)17-18/h16H,6H2,1-5H3. The van der Waals surface area contributed by atoms with Crippen molar-refractivity contribution in [2.24, 2.45) is 0 Å². The van der Waals surface area contributed by atoms with E-state index in [0.717, 1.165) is 0 Å². The Labute approximate surface area is 142 Å². The van der Waals surface area contributed by atoms with Gasteiger partial charge in [0, 0.05) is 0 Å². The summed E-state index contributed by atoms with van der Waals surface area (Å²) in [5.74, 6) is -1.26. The lowest BCUT2D eigenvalue weighted by Crippen LogP contribution is -2.11. The minimum Gasteiger partial charge on any atom is -0.465 e. The molecule has 25 heavy (non-hydrogen) atoms. The fourth-order valence-corrected chi connectivity index (χ4v) is 2.72. The normalized spacial score (nSPS) is 10.6. The van der Waals surface area contributed by atoms with Gasteiger partial charge in [0.1, 0.15) is 17.1 Å². The van der Waals surface area contributed by atoms with Crippen LogP contribution in [0, 0.1) is 30.9 Å². The number of carbonyl (C=O) groups excluding carboxylic acids is 2. The van der Waals surface area contributed by atoms with E-state index in [-0.39, 0.29) is 29.2 Å². The van der Waals surface area contributed by atoms with Crippen molar-refractivity contribution in [3.05, 3.63) is 44.0 Å². The van der Waals surface area contributed by atoms with Gasteiger partial charge in [-0.2, -0.15) is 5.10 Å². The first kappa shape index (κ1) is 18.2. The highest BCUT2D eigenvalue weighted by Gasteiger charge is 2.27.